The zero-order valence-electron chi connectivity index (χ0n) is 10.3. The maximum Gasteiger partial charge on any atom is 0.132 e. The van der Waals surface area contributed by atoms with Gasteiger partial charge in [0.1, 0.15) is 5.82 Å². The average Bonchev–Trinajstić information content (AvgIpc) is 2.79. The molecule has 0 amide bonds. The van der Waals surface area contributed by atoms with E-state index in [2.05, 4.69) is 12.2 Å². The summed E-state index contributed by atoms with van der Waals surface area (Å²) in [6.07, 6.45) is 6.00. The normalized spacial score (nSPS) is 19.8. The molecule has 1 aromatic rings. The van der Waals surface area contributed by atoms with Gasteiger partial charge in [0.25, 0.3) is 0 Å². The molecule has 0 atom stereocenters. The highest BCUT2D eigenvalue weighted by molar-refractivity contribution is 5.85. The van der Waals surface area contributed by atoms with Gasteiger partial charge in [0, 0.05) is 17.3 Å². The highest BCUT2D eigenvalue weighted by Crippen LogP contribution is 2.27. The second kappa shape index (κ2) is 5.32. The summed E-state index contributed by atoms with van der Waals surface area (Å²) in [5, 5.41) is 3.40. The largest absolute Gasteiger partial charge is 0.317 e. The third kappa shape index (κ3) is 2.45. The zero-order chi connectivity index (χ0) is 11.0. The van der Waals surface area contributed by atoms with Gasteiger partial charge in [0.05, 0.1) is 0 Å². The van der Waals surface area contributed by atoms with Crippen LogP contribution in [0.1, 0.15) is 48.0 Å². The maximum absolute atomic E-state index is 4.80. The Labute approximate surface area is 109 Å². The molecular weight excluding hydrogens is 234 g/mol. The van der Waals surface area contributed by atoms with E-state index in [1.54, 1.807) is 0 Å². The summed E-state index contributed by atoms with van der Waals surface area (Å²) in [7, 11) is 0. The number of fused-ring (bicyclic) bond motifs is 1. The van der Waals surface area contributed by atoms with Gasteiger partial charge in [0.2, 0.25) is 0 Å². The van der Waals surface area contributed by atoms with Gasteiger partial charge in [-0.25, -0.2) is 9.97 Å². The van der Waals surface area contributed by atoms with Gasteiger partial charge in [-0.1, -0.05) is 0 Å². The number of piperidine rings is 1. The van der Waals surface area contributed by atoms with E-state index in [4.69, 9.17) is 9.97 Å². The molecule has 4 heteroatoms. The second-order valence-corrected chi connectivity index (χ2v) is 4.97. The van der Waals surface area contributed by atoms with E-state index in [9.17, 15) is 0 Å². The lowest BCUT2D eigenvalue weighted by molar-refractivity contribution is 0.443. The van der Waals surface area contributed by atoms with E-state index >= 15 is 0 Å². The number of aryl methyl sites for hydroxylation is 2. The van der Waals surface area contributed by atoms with Crippen molar-refractivity contribution in [1.29, 1.82) is 0 Å². The molecule has 3 rings (SSSR count). The Hall–Kier alpha value is -0.670. The molecule has 3 nitrogen and oxygen atoms in total. The van der Waals surface area contributed by atoms with Gasteiger partial charge < -0.3 is 5.32 Å². The first-order valence-electron chi connectivity index (χ1n) is 6.41. The smallest absolute Gasteiger partial charge is 0.132 e. The SMILES string of the molecule is Cc1nc(C2CCNCC2)nc2c1CCC2.Cl. The first-order valence-corrected chi connectivity index (χ1v) is 6.41. The molecule has 1 saturated heterocycles. The van der Waals surface area contributed by atoms with Crippen molar-refractivity contribution in [3.05, 3.63) is 22.8 Å². The summed E-state index contributed by atoms with van der Waals surface area (Å²) in [6, 6.07) is 0. The number of rotatable bonds is 1. The number of nitrogens with zero attached hydrogens (tertiary/aromatic N) is 2. The molecule has 0 spiro atoms. The summed E-state index contributed by atoms with van der Waals surface area (Å²) in [4.78, 5) is 9.53. The van der Waals surface area contributed by atoms with Crippen LogP contribution in [0.3, 0.4) is 0 Å². The predicted molar refractivity (Wildman–Crippen MR) is 70.9 cm³/mol. The lowest BCUT2D eigenvalue weighted by Crippen LogP contribution is -2.27. The fraction of sp³-hybridized carbons (Fsp3) is 0.692. The summed E-state index contributed by atoms with van der Waals surface area (Å²) in [5.74, 6) is 1.70. The van der Waals surface area contributed by atoms with Crippen molar-refractivity contribution in [2.45, 2.75) is 44.9 Å². The van der Waals surface area contributed by atoms with Crippen LogP contribution in [-0.4, -0.2) is 23.1 Å². The van der Waals surface area contributed by atoms with Crippen LogP contribution in [0.4, 0.5) is 0 Å². The summed E-state index contributed by atoms with van der Waals surface area (Å²) in [5.41, 5.74) is 4.00. The Bertz CT molecular complexity index is 400. The fourth-order valence-electron chi connectivity index (χ4n) is 2.91. The summed E-state index contributed by atoms with van der Waals surface area (Å²) in [6.45, 7) is 4.38. The molecule has 1 N–H and O–H groups in total. The monoisotopic (exact) mass is 253 g/mol. The van der Waals surface area contributed by atoms with Gasteiger partial charge in [-0.05, 0) is 57.7 Å². The van der Waals surface area contributed by atoms with Crippen molar-refractivity contribution >= 4 is 12.4 Å². The van der Waals surface area contributed by atoms with E-state index in [-0.39, 0.29) is 12.4 Å². The molecule has 1 aromatic heterocycles. The number of hydrogen-bond donors (Lipinski definition) is 1. The van der Waals surface area contributed by atoms with Crippen molar-refractivity contribution in [3.63, 3.8) is 0 Å². The summed E-state index contributed by atoms with van der Waals surface area (Å²) < 4.78 is 0. The number of hydrogen-bond acceptors (Lipinski definition) is 3. The van der Waals surface area contributed by atoms with Gasteiger partial charge in [-0.2, -0.15) is 0 Å². The fourth-order valence-corrected chi connectivity index (χ4v) is 2.91. The zero-order valence-corrected chi connectivity index (χ0v) is 11.1. The number of halogens is 1. The third-order valence-corrected chi connectivity index (χ3v) is 3.86. The van der Waals surface area contributed by atoms with Crippen LogP contribution in [0.5, 0.6) is 0 Å². The minimum atomic E-state index is 0. The lowest BCUT2D eigenvalue weighted by Gasteiger charge is -2.22. The van der Waals surface area contributed by atoms with Crippen LogP contribution in [0.15, 0.2) is 0 Å². The van der Waals surface area contributed by atoms with Crippen molar-refractivity contribution in [1.82, 2.24) is 15.3 Å². The maximum atomic E-state index is 4.80. The molecule has 1 fully saturated rings. The van der Waals surface area contributed by atoms with E-state index < -0.39 is 0 Å². The second-order valence-electron chi connectivity index (χ2n) is 4.97. The Morgan fingerprint density at radius 1 is 1.12 bits per heavy atom. The lowest BCUT2D eigenvalue weighted by atomic mass is 9.97. The van der Waals surface area contributed by atoms with Crippen LogP contribution in [0.2, 0.25) is 0 Å². The summed E-state index contributed by atoms with van der Waals surface area (Å²) >= 11 is 0. The van der Waals surface area contributed by atoms with E-state index in [0.717, 1.165) is 25.3 Å². The molecule has 0 unspecified atom stereocenters. The standard InChI is InChI=1S/C13H19N3.ClH/c1-9-11-3-2-4-12(11)16-13(15-9)10-5-7-14-8-6-10;/h10,14H,2-8H2,1H3;1H. The van der Waals surface area contributed by atoms with Crippen LogP contribution in [-0.2, 0) is 12.8 Å². The van der Waals surface area contributed by atoms with Crippen molar-refractivity contribution in [2.24, 2.45) is 0 Å². The minimum absolute atomic E-state index is 0. The van der Waals surface area contributed by atoms with Gasteiger partial charge in [-0.3, -0.25) is 0 Å². The predicted octanol–water partition coefficient (Wildman–Crippen LogP) is 2.16. The Morgan fingerprint density at radius 3 is 2.65 bits per heavy atom. The quantitative estimate of drug-likeness (QED) is 0.834. The molecule has 94 valence electrons. The number of aromatic nitrogens is 2. The van der Waals surface area contributed by atoms with Crippen LogP contribution in [0.25, 0.3) is 0 Å². The Balaban J connectivity index is 0.00000108. The third-order valence-electron chi connectivity index (χ3n) is 3.86. The first-order chi connectivity index (χ1) is 7.84. The molecular formula is C13H20ClN3. The van der Waals surface area contributed by atoms with Crippen LogP contribution < -0.4 is 5.32 Å². The molecule has 0 aromatic carbocycles. The minimum Gasteiger partial charge on any atom is -0.317 e. The van der Waals surface area contributed by atoms with E-state index in [1.807, 2.05) is 0 Å². The van der Waals surface area contributed by atoms with Gasteiger partial charge in [0.15, 0.2) is 0 Å². The molecule has 0 radical (unpaired) electrons. The Kier molecular flexibility index (Phi) is 4.00. The van der Waals surface area contributed by atoms with E-state index in [0.29, 0.717) is 5.92 Å². The highest BCUT2D eigenvalue weighted by Gasteiger charge is 2.22. The van der Waals surface area contributed by atoms with E-state index in [1.165, 1.54) is 42.6 Å². The molecule has 1 aliphatic heterocycles. The molecule has 17 heavy (non-hydrogen) atoms. The van der Waals surface area contributed by atoms with Gasteiger partial charge in [-0.15, -0.1) is 12.4 Å². The Morgan fingerprint density at radius 2 is 1.88 bits per heavy atom. The van der Waals surface area contributed by atoms with Crippen molar-refractivity contribution < 1.29 is 0 Å². The molecule has 0 bridgehead atoms. The number of nitrogens with one attached hydrogen (secondary N) is 1. The molecule has 1 aliphatic carbocycles. The van der Waals surface area contributed by atoms with Crippen molar-refractivity contribution in [3.8, 4) is 0 Å². The average molecular weight is 254 g/mol. The van der Waals surface area contributed by atoms with Crippen LogP contribution in [0, 0.1) is 6.92 Å². The molecule has 2 heterocycles. The topological polar surface area (TPSA) is 37.8 Å². The first kappa shape index (κ1) is 12.8. The highest BCUT2D eigenvalue weighted by atomic mass is 35.5. The van der Waals surface area contributed by atoms with Crippen molar-refractivity contribution in [2.75, 3.05) is 13.1 Å². The van der Waals surface area contributed by atoms with Crippen LogP contribution >= 0.6 is 12.4 Å². The molecule has 2 aliphatic rings. The van der Waals surface area contributed by atoms with Gasteiger partial charge >= 0.3 is 0 Å². The molecule has 0 saturated carbocycles.